The van der Waals surface area contributed by atoms with Gasteiger partial charge in [-0.15, -0.1) is 5.10 Å². The van der Waals surface area contributed by atoms with Gasteiger partial charge in [0.1, 0.15) is 11.9 Å². The SMILES string of the molecule is Cn1ccnc1C(NN)c1cnnn1-c1ccccc1. The van der Waals surface area contributed by atoms with Crippen molar-refractivity contribution in [3.63, 3.8) is 0 Å². The lowest BCUT2D eigenvalue weighted by Gasteiger charge is -2.16. The maximum Gasteiger partial charge on any atom is 0.133 e. The zero-order valence-electron chi connectivity index (χ0n) is 11.0. The molecule has 7 heteroatoms. The number of benzene rings is 1. The number of rotatable bonds is 4. The fourth-order valence-electron chi connectivity index (χ4n) is 2.16. The lowest BCUT2D eigenvalue weighted by Crippen LogP contribution is -2.32. The Morgan fingerprint density at radius 2 is 2.05 bits per heavy atom. The van der Waals surface area contributed by atoms with Gasteiger partial charge in [-0.05, 0) is 12.1 Å². The number of aromatic nitrogens is 5. The highest BCUT2D eigenvalue weighted by molar-refractivity contribution is 5.33. The van der Waals surface area contributed by atoms with Crippen LogP contribution in [0.3, 0.4) is 0 Å². The van der Waals surface area contributed by atoms with Gasteiger partial charge in [0.05, 0.1) is 17.6 Å². The minimum atomic E-state index is -0.287. The van der Waals surface area contributed by atoms with Gasteiger partial charge < -0.3 is 4.57 Å². The molecule has 3 aromatic rings. The van der Waals surface area contributed by atoms with Crippen LogP contribution in [0.5, 0.6) is 0 Å². The van der Waals surface area contributed by atoms with E-state index in [4.69, 9.17) is 5.84 Å². The highest BCUT2D eigenvalue weighted by Crippen LogP contribution is 2.21. The Balaban J connectivity index is 2.07. The van der Waals surface area contributed by atoms with E-state index in [0.29, 0.717) is 0 Å². The summed E-state index contributed by atoms with van der Waals surface area (Å²) < 4.78 is 3.66. The van der Waals surface area contributed by atoms with Gasteiger partial charge in [-0.2, -0.15) is 0 Å². The van der Waals surface area contributed by atoms with Gasteiger partial charge >= 0.3 is 0 Å². The summed E-state index contributed by atoms with van der Waals surface area (Å²) in [5.41, 5.74) is 4.53. The summed E-state index contributed by atoms with van der Waals surface area (Å²) in [7, 11) is 1.92. The van der Waals surface area contributed by atoms with E-state index in [-0.39, 0.29) is 6.04 Å². The summed E-state index contributed by atoms with van der Waals surface area (Å²) in [6.07, 6.45) is 5.29. The standard InChI is InChI=1S/C13H15N7/c1-19-8-7-15-13(19)12(17-14)11-9-16-18-20(11)10-5-3-2-4-6-10/h2-9,12,17H,14H2,1H3. The molecule has 0 saturated heterocycles. The van der Waals surface area contributed by atoms with Crippen LogP contribution in [0.4, 0.5) is 0 Å². The second-order valence-electron chi connectivity index (χ2n) is 4.40. The zero-order chi connectivity index (χ0) is 13.9. The zero-order valence-corrected chi connectivity index (χ0v) is 11.0. The maximum absolute atomic E-state index is 5.70. The number of nitrogens with one attached hydrogen (secondary N) is 1. The minimum absolute atomic E-state index is 0.287. The van der Waals surface area contributed by atoms with Gasteiger partial charge in [-0.1, -0.05) is 23.4 Å². The smallest absolute Gasteiger partial charge is 0.133 e. The van der Waals surface area contributed by atoms with E-state index in [2.05, 4.69) is 20.7 Å². The van der Waals surface area contributed by atoms with Gasteiger partial charge in [0.25, 0.3) is 0 Å². The van der Waals surface area contributed by atoms with Crippen LogP contribution in [-0.2, 0) is 7.05 Å². The van der Waals surface area contributed by atoms with E-state index in [0.717, 1.165) is 17.2 Å². The third kappa shape index (κ3) is 2.09. The Kier molecular flexibility index (Phi) is 3.28. The van der Waals surface area contributed by atoms with Crippen molar-refractivity contribution < 1.29 is 0 Å². The second-order valence-corrected chi connectivity index (χ2v) is 4.40. The summed E-state index contributed by atoms with van der Waals surface area (Å²) in [6.45, 7) is 0. The molecule has 0 radical (unpaired) electrons. The van der Waals surface area contributed by atoms with E-state index in [1.165, 1.54) is 0 Å². The molecule has 1 aromatic carbocycles. The van der Waals surface area contributed by atoms with Crippen molar-refractivity contribution in [1.82, 2.24) is 30.0 Å². The average Bonchev–Trinajstić information content (AvgIpc) is 3.11. The van der Waals surface area contributed by atoms with Crippen molar-refractivity contribution in [3.8, 4) is 5.69 Å². The molecule has 2 heterocycles. The normalized spacial score (nSPS) is 12.5. The van der Waals surface area contributed by atoms with Gasteiger partial charge in [0.15, 0.2) is 0 Å². The number of para-hydroxylation sites is 1. The molecule has 2 aromatic heterocycles. The van der Waals surface area contributed by atoms with E-state index in [9.17, 15) is 0 Å². The molecule has 0 aliphatic carbocycles. The van der Waals surface area contributed by atoms with E-state index < -0.39 is 0 Å². The molecule has 1 unspecified atom stereocenters. The first-order chi connectivity index (χ1) is 9.81. The van der Waals surface area contributed by atoms with Crippen molar-refractivity contribution >= 4 is 0 Å². The monoisotopic (exact) mass is 269 g/mol. The lowest BCUT2D eigenvalue weighted by molar-refractivity contribution is 0.550. The van der Waals surface area contributed by atoms with Gasteiger partial charge in [0.2, 0.25) is 0 Å². The molecular formula is C13H15N7. The van der Waals surface area contributed by atoms with Gasteiger partial charge in [-0.25, -0.2) is 15.1 Å². The molecule has 0 aliphatic heterocycles. The molecule has 3 N–H and O–H groups in total. The number of imidazole rings is 1. The summed E-state index contributed by atoms with van der Waals surface area (Å²) in [6, 6.07) is 9.50. The fourth-order valence-corrected chi connectivity index (χ4v) is 2.16. The van der Waals surface area contributed by atoms with Crippen LogP contribution < -0.4 is 11.3 Å². The molecule has 0 fully saturated rings. The maximum atomic E-state index is 5.70. The molecule has 0 amide bonds. The van der Waals surface area contributed by atoms with Crippen LogP contribution in [0, 0.1) is 0 Å². The van der Waals surface area contributed by atoms with Crippen molar-refractivity contribution in [2.45, 2.75) is 6.04 Å². The predicted octanol–water partition coefficient (Wildman–Crippen LogP) is 0.553. The molecule has 0 aliphatic rings. The Bertz CT molecular complexity index is 686. The molecule has 1 atom stereocenters. The van der Waals surface area contributed by atoms with Crippen molar-refractivity contribution in [3.05, 3.63) is 60.4 Å². The van der Waals surface area contributed by atoms with Crippen LogP contribution in [-0.4, -0.2) is 24.5 Å². The summed E-state index contributed by atoms with van der Waals surface area (Å²) in [5, 5.41) is 8.12. The minimum Gasteiger partial charge on any atom is -0.336 e. The molecule has 0 bridgehead atoms. The number of hydrogen-bond acceptors (Lipinski definition) is 5. The number of aryl methyl sites for hydroxylation is 1. The summed E-state index contributed by atoms with van der Waals surface area (Å²) >= 11 is 0. The number of hydrogen-bond donors (Lipinski definition) is 2. The Hall–Kier alpha value is -2.51. The van der Waals surface area contributed by atoms with Crippen molar-refractivity contribution in [1.29, 1.82) is 0 Å². The highest BCUT2D eigenvalue weighted by Gasteiger charge is 2.22. The first kappa shape index (κ1) is 12.5. The number of nitrogens with two attached hydrogens (primary N) is 1. The topological polar surface area (TPSA) is 86.6 Å². The summed E-state index contributed by atoms with van der Waals surface area (Å²) in [4.78, 5) is 4.33. The van der Waals surface area contributed by atoms with Gasteiger partial charge in [0, 0.05) is 19.4 Å². The Labute approximate surface area is 116 Å². The highest BCUT2D eigenvalue weighted by atomic mass is 15.4. The molecule has 0 saturated carbocycles. The van der Waals surface area contributed by atoms with Crippen LogP contribution in [0.25, 0.3) is 5.69 Å². The van der Waals surface area contributed by atoms with E-state index in [1.54, 1.807) is 17.1 Å². The van der Waals surface area contributed by atoms with Gasteiger partial charge in [-0.3, -0.25) is 5.84 Å². The predicted molar refractivity (Wildman–Crippen MR) is 73.7 cm³/mol. The molecular weight excluding hydrogens is 254 g/mol. The van der Waals surface area contributed by atoms with Crippen LogP contribution in [0.15, 0.2) is 48.9 Å². The second kappa shape index (κ2) is 5.24. The molecule has 102 valence electrons. The first-order valence-electron chi connectivity index (χ1n) is 6.20. The largest absolute Gasteiger partial charge is 0.336 e. The number of hydrazine groups is 1. The molecule has 7 nitrogen and oxygen atoms in total. The Morgan fingerprint density at radius 3 is 2.70 bits per heavy atom. The quantitative estimate of drug-likeness (QED) is 0.533. The van der Waals surface area contributed by atoms with Crippen molar-refractivity contribution in [2.24, 2.45) is 12.9 Å². The van der Waals surface area contributed by atoms with Crippen LogP contribution >= 0.6 is 0 Å². The average molecular weight is 269 g/mol. The molecule has 0 spiro atoms. The molecule has 20 heavy (non-hydrogen) atoms. The molecule has 3 rings (SSSR count). The third-order valence-electron chi connectivity index (χ3n) is 3.16. The van der Waals surface area contributed by atoms with Crippen LogP contribution in [0.2, 0.25) is 0 Å². The summed E-state index contributed by atoms with van der Waals surface area (Å²) in [5.74, 6) is 6.50. The van der Waals surface area contributed by atoms with E-state index >= 15 is 0 Å². The van der Waals surface area contributed by atoms with E-state index in [1.807, 2.05) is 48.1 Å². The lowest BCUT2D eigenvalue weighted by atomic mass is 10.2. The third-order valence-corrected chi connectivity index (χ3v) is 3.16. The van der Waals surface area contributed by atoms with Crippen molar-refractivity contribution in [2.75, 3.05) is 0 Å². The Morgan fingerprint density at radius 1 is 1.25 bits per heavy atom. The first-order valence-corrected chi connectivity index (χ1v) is 6.20. The number of nitrogens with zero attached hydrogens (tertiary/aromatic N) is 5. The van der Waals surface area contributed by atoms with Crippen LogP contribution in [0.1, 0.15) is 17.6 Å². The fraction of sp³-hybridized carbons (Fsp3) is 0.154.